The van der Waals surface area contributed by atoms with Crippen LogP contribution in [0.5, 0.6) is 11.5 Å². The predicted octanol–water partition coefficient (Wildman–Crippen LogP) is 3.17. The zero-order valence-corrected chi connectivity index (χ0v) is 13.7. The van der Waals surface area contributed by atoms with E-state index < -0.39 is 0 Å². The quantitative estimate of drug-likeness (QED) is 0.759. The van der Waals surface area contributed by atoms with Gasteiger partial charge < -0.3 is 19.8 Å². The van der Waals surface area contributed by atoms with E-state index in [2.05, 4.69) is 15.8 Å². The molecule has 0 aliphatic carbocycles. The van der Waals surface area contributed by atoms with Gasteiger partial charge in [0, 0.05) is 18.7 Å². The zero-order valence-electron chi connectivity index (χ0n) is 12.9. The minimum Gasteiger partial charge on any atom is -0.493 e. The van der Waals surface area contributed by atoms with E-state index in [-0.39, 0.29) is 0 Å². The monoisotopic (exact) mass is 309 g/mol. The number of methoxy groups -OCH3 is 2. The highest BCUT2D eigenvalue weighted by Crippen LogP contribution is 2.33. The van der Waals surface area contributed by atoms with Gasteiger partial charge in [-0.2, -0.15) is 11.8 Å². The van der Waals surface area contributed by atoms with Crippen LogP contribution in [0.25, 0.3) is 11.0 Å². The Morgan fingerprint density at radius 2 is 1.86 bits per heavy atom. The third-order valence-electron chi connectivity index (χ3n) is 3.51. The van der Waals surface area contributed by atoms with Crippen LogP contribution in [0, 0.1) is 0 Å². The SMILES string of the molecule is COc1cc2nc(N)n(CCCCCSC)c2cc1OC. The summed E-state index contributed by atoms with van der Waals surface area (Å²) in [5.41, 5.74) is 7.88. The lowest BCUT2D eigenvalue weighted by molar-refractivity contribution is 0.355. The van der Waals surface area contributed by atoms with E-state index in [1.807, 2.05) is 23.9 Å². The molecule has 0 aliphatic rings. The summed E-state index contributed by atoms with van der Waals surface area (Å²) in [6, 6.07) is 3.81. The average Bonchev–Trinajstić information content (AvgIpc) is 2.80. The minimum absolute atomic E-state index is 0.546. The summed E-state index contributed by atoms with van der Waals surface area (Å²) in [5, 5.41) is 0. The molecule has 2 rings (SSSR count). The van der Waals surface area contributed by atoms with Gasteiger partial charge in [0.25, 0.3) is 0 Å². The van der Waals surface area contributed by atoms with Gasteiger partial charge in [0.2, 0.25) is 5.95 Å². The van der Waals surface area contributed by atoms with Gasteiger partial charge in [-0.1, -0.05) is 6.42 Å². The fourth-order valence-corrected chi connectivity index (χ4v) is 2.89. The first-order chi connectivity index (χ1) is 10.2. The maximum Gasteiger partial charge on any atom is 0.201 e. The zero-order chi connectivity index (χ0) is 15.2. The van der Waals surface area contributed by atoms with Crippen molar-refractivity contribution in [3.05, 3.63) is 12.1 Å². The van der Waals surface area contributed by atoms with Gasteiger partial charge in [0.1, 0.15) is 0 Å². The molecule has 2 aromatic rings. The van der Waals surface area contributed by atoms with Crippen molar-refractivity contribution in [2.75, 3.05) is 32.0 Å². The number of fused-ring (bicyclic) bond motifs is 1. The highest BCUT2D eigenvalue weighted by Gasteiger charge is 2.13. The van der Waals surface area contributed by atoms with Crippen LogP contribution >= 0.6 is 11.8 Å². The van der Waals surface area contributed by atoms with E-state index in [1.54, 1.807) is 14.2 Å². The molecule has 0 aliphatic heterocycles. The van der Waals surface area contributed by atoms with Crippen molar-refractivity contribution in [3.8, 4) is 11.5 Å². The van der Waals surface area contributed by atoms with Crippen molar-refractivity contribution in [2.45, 2.75) is 25.8 Å². The van der Waals surface area contributed by atoms with Gasteiger partial charge in [-0.3, -0.25) is 0 Å². The van der Waals surface area contributed by atoms with Gasteiger partial charge >= 0.3 is 0 Å². The number of hydrogen-bond donors (Lipinski definition) is 1. The summed E-state index contributed by atoms with van der Waals surface area (Å²) < 4.78 is 12.7. The molecule has 5 nitrogen and oxygen atoms in total. The van der Waals surface area contributed by atoms with E-state index in [1.165, 1.54) is 18.6 Å². The maximum absolute atomic E-state index is 6.04. The van der Waals surface area contributed by atoms with E-state index in [0.29, 0.717) is 17.4 Å². The van der Waals surface area contributed by atoms with E-state index in [0.717, 1.165) is 24.0 Å². The number of aromatic nitrogens is 2. The molecule has 1 heterocycles. The van der Waals surface area contributed by atoms with Gasteiger partial charge in [-0.15, -0.1) is 0 Å². The molecular formula is C15H23N3O2S. The minimum atomic E-state index is 0.546. The van der Waals surface area contributed by atoms with Crippen molar-refractivity contribution in [2.24, 2.45) is 0 Å². The second-order valence-electron chi connectivity index (χ2n) is 4.87. The van der Waals surface area contributed by atoms with Crippen molar-refractivity contribution in [1.82, 2.24) is 9.55 Å². The number of nitrogen functional groups attached to an aromatic ring is 1. The van der Waals surface area contributed by atoms with Gasteiger partial charge in [-0.25, -0.2) is 4.98 Å². The third-order valence-corrected chi connectivity index (χ3v) is 4.21. The first-order valence-corrected chi connectivity index (χ1v) is 8.47. The summed E-state index contributed by atoms with van der Waals surface area (Å²) in [6.45, 7) is 0.881. The normalized spacial score (nSPS) is 11.0. The highest BCUT2D eigenvalue weighted by molar-refractivity contribution is 7.98. The van der Waals surface area contributed by atoms with Crippen LogP contribution in [0.2, 0.25) is 0 Å². The number of thioether (sulfide) groups is 1. The third kappa shape index (κ3) is 3.56. The number of anilines is 1. The lowest BCUT2D eigenvalue weighted by atomic mass is 10.2. The van der Waals surface area contributed by atoms with E-state index in [4.69, 9.17) is 15.2 Å². The van der Waals surface area contributed by atoms with Crippen LogP contribution in [0.4, 0.5) is 5.95 Å². The smallest absolute Gasteiger partial charge is 0.201 e. The standard InChI is InChI=1S/C15H23N3O2S/c1-19-13-9-11-12(10-14(13)20-2)18(15(16)17-11)7-5-4-6-8-21-3/h9-10H,4-8H2,1-3H3,(H2,16,17). The number of ether oxygens (including phenoxy) is 2. The lowest BCUT2D eigenvalue weighted by Gasteiger charge is -2.09. The molecule has 6 heteroatoms. The van der Waals surface area contributed by atoms with Crippen molar-refractivity contribution >= 4 is 28.7 Å². The molecule has 116 valence electrons. The Morgan fingerprint density at radius 3 is 2.52 bits per heavy atom. The molecule has 0 spiro atoms. The number of unbranched alkanes of at least 4 members (excludes halogenated alkanes) is 2. The lowest BCUT2D eigenvalue weighted by Crippen LogP contribution is -2.03. The van der Waals surface area contributed by atoms with Crippen LogP contribution in [-0.2, 0) is 6.54 Å². The highest BCUT2D eigenvalue weighted by atomic mass is 32.2. The van der Waals surface area contributed by atoms with Gasteiger partial charge in [0.05, 0.1) is 25.3 Å². The Bertz CT molecular complexity index is 598. The summed E-state index contributed by atoms with van der Waals surface area (Å²) in [5.74, 6) is 3.14. The number of rotatable bonds is 8. The van der Waals surface area contributed by atoms with E-state index in [9.17, 15) is 0 Å². The Hall–Kier alpha value is -1.56. The Kier molecular flexibility index (Phi) is 5.61. The largest absolute Gasteiger partial charge is 0.493 e. The maximum atomic E-state index is 6.04. The molecule has 1 aromatic heterocycles. The molecule has 0 saturated carbocycles. The first kappa shape index (κ1) is 15.8. The predicted molar refractivity (Wildman–Crippen MR) is 89.5 cm³/mol. The Labute approximate surface area is 129 Å². The fourth-order valence-electron chi connectivity index (χ4n) is 2.40. The molecule has 21 heavy (non-hydrogen) atoms. The number of hydrogen-bond acceptors (Lipinski definition) is 5. The molecule has 1 aromatic carbocycles. The second-order valence-corrected chi connectivity index (χ2v) is 5.86. The van der Waals surface area contributed by atoms with Crippen LogP contribution in [0.3, 0.4) is 0 Å². The van der Waals surface area contributed by atoms with Crippen molar-refractivity contribution in [1.29, 1.82) is 0 Å². The van der Waals surface area contributed by atoms with E-state index >= 15 is 0 Å². The molecule has 2 N–H and O–H groups in total. The molecule has 0 fully saturated rings. The first-order valence-electron chi connectivity index (χ1n) is 7.08. The number of nitrogens with two attached hydrogens (primary N) is 1. The second kappa shape index (κ2) is 7.45. The molecule has 0 atom stereocenters. The molecular weight excluding hydrogens is 286 g/mol. The van der Waals surface area contributed by atoms with Gasteiger partial charge in [0.15, 0.2) is 11.5 Å². The number of imidazole rings is 1. The summed E-state index contributed by atoms with van der Waals surface area (Å²) in [4.78, 5) is 4.41. The number of benzene rings is 1. The number of aryl methyl sites for hydroxylation is 1. The number of nitrogens with zero attached hydrogens (tertiary/aromatic N) is 2. The van der Waals surface area contributed by atoms with Gasteiger partial charge in [-0.05, 0) is 24.9 Å². The fraction of sp³-hybridized carbons (Fsp3) is 0.533. The molecule has 0 amide bonds. The van der Waals surface area contributed by atoms with Crippen molar-refractivity contribution < 1.29 is 9.47 Å². The molecule has 0 bridgehead atoms. The molecule has 0 radical (unpaired) electrons. The van der Waals surface area contributed by atoms with Crippen LogP contribution < -0.4 is 15.2 Å². The molecule has 0 saturated heterocycles. The molecule has 0 unspecified atom stereocenters. The Morgan fingerprint density at radius 1 is 1.14 bits per heavy atom. The Balaban J connectivity index is 2.20. The van der Waals surface area contributed by atoms with Crippen LogP contribution in [0.15, 0.2) is 12.1 Å². The summed E-state index contributed by atoms with van der Waals surface area (Å²) in [7, 11) is 3.26. The van der Waals surface area contributed by atoms with Crippen LogP contribution in [-0.4, -0.2) is 35.8 Å². The summed E-state index contributed by atoms with van der Waals surface area (Å²) in [6.07, 6.45) is 5.68. The topological polar surface area (TPSA) is 62.3 Å². The summed E-state index contributed by atoms with van der Waals surface area (Å²) >= 11 is 1.89. The van der Waals surface area contributed by atoms with Crippen molar-refractivity contribution in [3.63, 3.8) is 0 Å². The average molecular weight is 309 g/mol. The van der Waals surface area contributed by atoms with Crippen LogP contribution in [0.1, 0.15) is 19.3 Å².